The molecule has 0 N–H and O–H groups in total. The summed E-state index contributed by atoms with van der Waals surface area (Å²) in [5, 5.41) is 0.650. The molecule has 78 valence electrons. The third-order valence-corrected chi connectivity index (χ3v) is 2.71. The third kappa shape index (κ3) is 3.39. The Balaban J connectivity index is 2.62. The SMILES string of the molecule is Cc1ccc(Cl)c(OCC(C)CCl)c1. The molecule has 0 spiro atoms. The van der Waals surface area contributed by atoms with Gasteiger partial charge >= 0.3 is 0 Å². The fourth-order valence-electron chi connectivity index (χ4n) is 0.998. The Bertz CT molecular complexity index is 299. The van der Waals surface area contributed by atoms with Gasteiger partial charge in [-0.2, -0.15) is 0 Å². The van der Waals surface area contributed by atoms with Crippen molar-refractivity contribution in [3.05, 3.63) is 28.8 Å². The van der Waals surface area contributed by atoms with E-state index in [1.807, 2.05) is 32.0 Å². The minimum atomic E-state index is 0.341. The van der Waals surface area contributed by atoms with E-state index >= 15 is 0 Å². The van der Waals surface area contributed by atoms with E-state index in [4.69, 9.17) is 27.9 Å². The number of hydrogen-bond donors (Lipinski definition) is 0. The molecule has 14 heavy (non-hydrogen) atoms. The van der Waals surface area contributed by atoms with E-state index in [2.05, 4.69) is 0 Å². The normalized spacial score (nSPS) is 12.6. The van der Waals surface area contributed by atoms with E-state index in [1.165, 1.54) is 0 Å². The third-order valence-electron chi connectivity index (χ3n) is 1.87. The second-order valence-electron chi connectivity index (χ2n) is 3.50. The van der Waals surface area contributed by atoms with Crippen molar-refractivity contribution < 1.29 is 4.74 Å². The lowest BCUT2D eigenvalue weighted by Crippen LogP contribution is -2.09. The summed E-state index contributed by atoms with van der Waals surface area (Å²) in [6, 6.07) is 5.74. The fraction of sp³-hybridized carbons (Fsp3) is 0.455. The second-order valence-corrected chi connectivity index (χ2v) is 4.22. The summed E-state index contributed by atoms with van der Waals surface area (Å²) >= 11 is 11.6. The number of halogens is 2. The standard InChI is InChI=1S/C11H14Cl2O/c1-8-3-4-10(13)11(5-8)14-7-9(2)6-12/h3-5,9H,6-7H2,1-2H3. The lowest BCUT2D eigenvalue weighted by molar-refractivity contribution is 0.273. The summed E-state index contributed by atoms with van der Waals surface area (Å²) in [7, 11) is 0. The number of ether oxygens (including phenoxy) is 1. The summed E-state index contributed by atoms with van der Waals surface area (Å²) in [5.41, 5.74) is 1.14. The summed E-state index contributed by atoms with van der Waals surface area (Å²) in [4.78, 5) is 0. The zero-order chi connectivity index (χ0) is 10.6. The van der Waals surface area contributed by atoms with Crippen LogP contribution in [0.3, 0.4) is 0 Å². The molecule has 1 aromatic carbocycles. The zero-order valence-electron chi connectivity index (χ0n) is 8.39. The van der Waals surface area contributed by atoms with Crippen molar-refractivity contribution >= 4 is 23.2 Å². The van der Waals surface area contributed by atoms with Crippen molar-refractivity contribution in [2.24, 2.45) is 5.92 Å². The Hall–Kier alpha value is -0.400. The Labute approximate surface area is 95.0 Å². The van der Waals surface area contributed by atoms with E-state index < -0.39 is 0 Å². The number of hydrogen-bond acceptors (Lipinski definition) is 1. The average Bonchev–Trinajstić information content (AvgIpc) is 2.19. The van der Waals surface area contributed by atoms with Gasteiger partial charge in [-0.25, -0.2) is 0 Å². The van der Waals surface area contributed by atoms with Crippen LogP contribution in [0.25, 0.3) is 0 Å². The van der Waals surface area contributed by atoms with Crippen LogP contribution in [0.5, 0.6) is 5.75 Å². The Morgan fingerprint density at radius 2 is 2.14 bits per heavy atom. The molecule has 0 amide bonds. The van der Waals surface area contributed by atoms with Crippen molar-refractivity contribution in [1.82, 2.24) is 0 Å². The Morgan fingerprint density at radius 1 is 1.43 bits per heavy atom. The first-order chi connectivity index (χ1) is 6.63. The van der Waals surface area contributed by atoms with Crippen LogP contribution in [-0.4, -0.2) is 12.5 Å². The molecule has 1 rings (SSSR count). The van der Waals surface area contributed by atoms with Gasteiger partial charge in [0, 0.05) is 11.8 Å². The molecule has 0 aliphatic carbocycles. The Kier molecular flexibility index (Phi) is 4.56. The minimum absolute atomic E-state index is 0.341. The van der Waals surface area contributed by atoms with Crippen LogP contribution in [0.2, 0.25) is 5.02 Å². The van der Waals surface area contributed by atoms with Gasteiger partial charge < -0.3 is 4.74 Å². The van der Waals surface area contributed by atoms with Crippen LogP contribution >= 0.6 is 23.2 Å². The van der Waals surface area contributed by atoms with Crippen LogP contribution in [0.1, 0.15) is 12.5 Å². The molecule has 1 nitrogen and oxygen atoms in total. The molecule has 0 heterocycles. The first kappa shape index (κ1) is 11.7. The van der Waals surface area contributed by atoms with Crippen LogP contribution in [0.15, 0.2) is 18.2 Å². The summed E-state index contributed by atoms with van der Waals surface area (Å²) in [6.45, 7) is 4.65. The first-order valence-electron chi connectivity index (χ1n) is 4.58. The summed E-state index contributed by atoms with van der Waals surface area (Å²) < 4.78 is 5.55. The highest BCUT2D eigenvalue weighted by molar-refractivity contribution is 6.32. The molecule has 0 saturated carbocycles. The fourth-order valence-corrected chi connectivity index (χ4v) is 1.26. The Morgan fingerprint density at radius 3 is 2.79 bits per heavy atom. The lowest BCUT2D eigenvalue weighted by atomic mass is 10.2. The number of alkyl halides is 1. The van der Waals surface area contributed by atoms with Crippen molar-refractivity contribution in [3.8, 4) is 5.75 Å². The van der Waals surface area contributed by atoms with Crippen LogP contribution in [0, 0.1) is 12.8 Å². The van der Waals surface area contributed by atoms with Crippen molar-refractivity contribution in [1.29, 1.82) is 0 Å². The summed E-state index contributed by atoms with van der Waals surface area (Å²) in [6.07, 6.45) is 0. The molecule has 0 bridgehead atoms. The second kappa shape index (κ2) is 5.47. The highest BCUT2D eigenvalue weighted by Crippen LogP contribution is 2.25. The van der Waals surface area contributed by atoms with Gasteiger partial charge in [-0.1, -0.05) is 24.6 Å². The van der Waals surface area contributed by atoms with E-state index in [0.717, 1.165) is 11.3 Å². The van der Waals surface area contributed by atoms with Gasteiger partial charge in [0.25, 0.3) is 0 Å². The number of benzene rings is 1. The molecule has 0 saturated heterocycles. The molecule has 0 fully saturated rings. The highest BCUT2D eigenvalue weighted by atomic mass is 35.5. The van der Waals surface area contributed by atoms with Crippen molar-refractivity contribution in [2.75, 3.05) is 12.5 Å². The van der Waals surface area contributed by atoms with Crippen molar-refractivity contribution in [3.63, 3.8) is 0 Å². The molecule has 0 aliphatic rings. The molecular formula is C11H14Cl2O. The number of rotatable bonds is 4. The van der Waals surface area contributed by atoms with E-state index in [0.29, 0.717) is 23.4 Å². The molecule has 1 atom stereocenters. The highest BCUT2D eigenvalue weighted by Gasteiger charge is 2.04. The largest absolute Gasteiger partial charge is 0.492 e. The molecule has 3 heteroatoms. The topological polar surface area (TPSA) is 9.23 Å². The summed E-state index contributed by atoms with van der Waals surface area (Å²) in [5.74, 6) is 1.68. The van der Waals surface area contributed by atoms with Crippen LogP contribution in [-0.2, 0) is 0 Å². The van der Waals surface area contributed by atoms with E-state index in [-0.39, 0.29) is 0 Å². The lowest BCUT2D eigenvalue weighted by Gasteiger charge is -2.11. The quantitative estimate of drug-likeness (QED) is 0.716. The monoisotopic (exact) mass is 232 g/mol. The van der Waals surface area contributed by atoms with E-state index in [9.17, 15) is 0 Å². The predicted molar refractivity (Wildman–Crippen MR) is 61.6 cm³/mol. The predicted octanol–water partition coefficient (Wildman–Crippen LogP) is 3.90. The molecule has 1 unspecified atom stereocenters. The minimum Gasteiger partial charge on any atom is -0.492 e. The molecule has 1 aromatic rings. The molecule has 0 aromatic heterocycles. The maximum Gasteiger partial charge on any atom is 0.138 e. The first-order valence-corrected chi connectivity index (χ1v) is 5.49. The smallest absolute Gasteiger partial charge is 0.138 e. The van der Waals surface area contributed by atoms with Gasteiger partial charge in [0.15, 0.2) is 0 Å². The van der Waals surface area contributed by atoms with Gasteiger partial charge in [-0.05, 0) is 24.6 Å². The molecule has 0 aliphatic heterocycles. The number of aryl methyl sites for hydroxylation is 1. The maximum atomic E-state index is 5.96. The molecule has 0 radical (unpaired) electrons. The van der Waals surface area contributed by atoms with Crippen molar-refractivity contribution in [2.45, 2.75) is 13.8 Å². The van der Waals surface area contributed by atoms with Gasteiger partial charge in [0.05, 0.1) is 11.6 Å². The molecular weight excluding hydrogens is 219 g/mol. The van der Waals surface area contributed by atoms with Gasteiger partial charge in [0.2, 0.25) is 0 Å². The van der Waals surface area contributed by atoms with Crippen LogP contribution < -0.4 is 4.74 Å². The van der Waals surface area contributed by atoms with Gasteiger partial charge in [-0.3, -0.25) is 0 Å². The van der Waals surface area contributed by atoms with E-state index in [1.54, 1.807) is 0 Å². The van der Waals surface area contributed by atoms with Gasteiger partial charge in [0.1, 0.15) is 5.75 Å². The van der Waals surface area contributed by atoms with Gasteiger partial charge in [-0.15, -0.1) is 11.6 Å². The maximum absolute atomic E-state index is 5.96. The average molecular weight is 233 g/mol. The zero-order valence-corrected chi connectivity index (χ0v) is 9.90. The van der Waals surface area contributed by atoms with Crippen LogP contribution in [0.4, 0.5) is 0 Å².